The van der Waals surface area contributed by atoms with Crippen molar-refractivity contribution in [1.82, 2.24) is 0 Å². The van der Waals surface area contributed by atoms with Crippen LogP contribution in [0.25, 0.3) is 5.57 Å². The quantitative estimate of drug-likeness (QED) is 0.654. The standard InChI is InChI=1S/C10H13BO2/c1-3-8(2)9-4-6-10(7-5-9)11(12)13/h3-7,12-13H,1-2H3/b8-3+. The van der Waals surface area contributed by atoms with Crippen molar-refractivity contribution in [1.29, 1.82) is 0 Å². The van der Waals surface area contributed by atoms with E-state index in [1.54, 1.807) is 12.1 Å². The maximum Gasteiger partial charge on any atom is 0.488 e. The first-order chi connectivity index (χ1) is 6.15. The Kier molecular flexibility index (Phi) is 3.28. The van der Waals surface area contributed by atoms with Crippen LogP contribution in [-0.4, -0.2) is 17.2 Å². The zero-order valence-electron chi connectivity index (χ0n) is 7.86. The molecule has 1 aromatic carbocycles. The highest BCUT2D eigenvalue weighted by atomic mass is 16.4. The molecule has 2 nitrogen and oxygen atoms in total. The second kappa shape index (κ2) is 4.26. The molecule has 0 bridgehead atoms. The number of hydrogen-bond donors (Lipinski definition) is 2. The predicted molar refractivity (Wildman–Crippen MR) is 55.6 cm³/mol. The summed E-state index contributed by atoms with van der Waals surface area (Å²) in [6, 6.07) is 7.19. The van der Waals surface area contributed by atoms with E-state index in [-0.39, 0.29) is 0 Å². The Bertz CT molecular complexity index is 301. The van der Waals surface area contributed by atoms with Crippen LogP contribution in [0.5, 0.6) is 0 Å². The van der Waals surface area contributed by atoms with Gasteiger partial charge in [0.25, 0.3) is 0 Å². The van der Waals surface area contributed by atoms with Crippen LogP contribution in [0.3, 0.4) is 0 Å². The lowest BCUT2D eigenvalue weighted by Gasteiger charge is -2.02. The van der Waals surface area contributed by atoms with Gasteiger partial charge in [-0.05, 0) is 30.4 Å². The van der Waals surface area contributed by atoms with Crippen LogP contribution in [0, 0.1) is 0 Å². The molecule has 13 heavy (non-hydrogen) atoms. The van der Waals surface area contributed by atoms with Gasteiger partial charge in [0.05, 0.1) is 0 Å². The zero-order chi connectivity index (χ0) is 9.84. The first-order valence-corrected chi connectivity index (χ1v) is 4.24. The molecule has 0 aliphatic carbocycles. The number of hydrogen-bond acceptors (Lipinski definition) is 2. The van der Waals surface area contributed by atoms with Crippen LogP contribution >= 0.6 is 0 Å². The summed E-state index contributed by atoms with van der Waals surface area (Å²) >= 11 is 0. The molecular formula is C10H13BO2. The Morgan fingerprint density at radius 1 is 1.23 bits per heavy atom. The molecule has 0 saturated heterocycles. The topological polar surface area (TPSA) is 40.5 Å². The van der Waals surface area contributed by atoms with Gasteiger partial charge in [-0.2, -0.15) is 0 Å². The molecule has 0 amide bonds. The van der Waals surface area contributed by atoms with Gasteiger partial charge >= 0.3 is 7.12 Å². The first kappa shape index (κ1) is 10.0. The van der Waals surface area contributed by atoms with E-state index in [1.807, 2.05) is 32.1 Å². The normalized spacial score (nSPS) is 11.5. The first-order valence-electron chi connectivity index (χ1n) is 4.24. The van der Waals surface area contributed by atoms with Crippen LogP contribution < -0.4 is 5.46 Å². The van der Waals surface area contributed by atoms with Crippen molar-refractivity contribution >= 4 is 18.2 Å². The Hall–Kier alpha value is -1.06. The van der Waals surface area contributed by atoms with Gasteiger partial charge in [0.15, 0.2) is 0 Å². The minimum Gasteiger partial charge on any atom is -0.423 e. The van der Waals surface area contributed by atoms with Crippen molar-refractivity contribution in [2.45, 2.75) is 13.8 Å². The van der Waals surface area contributed by atoms with E-state index in [4.69, 9.17) is 10.0 Å². The van der Waals surface area contributed by atoms with Gasteiger partial charge in [-0.25, -0.2) is 0 Å². The van der Waals surface area contributed by atoms with Crippen LogP contribution in [-0.2, 0) is 0 Å². The van der Waals surface area contributed by atoms with E-state index in [0.717, 1.165) is 5.56 Å². The summed E-state index contributed by atoms with van der Waals surface area (Å²) < 4.78 is 0. The number of benzene rings is 1. The monoisotopic (exact) mass is 176 g/mol. The fourth-order valence-corrected chi connectivity index (χ4v) is 1.08. The molecule has 0 aliphatic rings. The molecule has 3 heteroatoms. The lowest BCUT2D eigenvalue weighted by atomic mass is 9.80. The van der Waals surface area contributed by atoms with Crippen molar-refractivity contribution < 1.29 is 10.0 Å². The highest BCUT2D eigenvalue weighted by molar-refractivity contribution is 6.58. The maximum atomic E-state index is 8.85. The third-order valence-corrected chi connectivity index (χ3v) is 2.10. The second-order valence-corrected chi connectivity index (χ2v) is 2.97. The Morgan fingerprint density at radius 3 is 2.15 bits per heavy atom. The van der Waals surface area contributed by atoms with Gasteiger partial charge in [0.1, 0.15) is 0 Å². The minimum absolute atomic E-state index is 0.521. The fourth-order valence-electron chi connectivity index (χ4n) is 1.08. The molecular weight excluding hydrogens is 163 g/mol. The van der Waals surface area contributed by atoms with E-state index in [0.29, 0.717) is 5.46 Å². The summed E-state index contributed by atoms with van der Waals surface area (Å²) in [5, 5.41) is 17.7. The third-order valence-electron chi connectivity index (χ3n) is 2.10. The van der Waals surface area contributed by atoms with Crippen molar-refractivity contribution in [2.24, 2.45) is 0 Å². The summed E-state index contributed by atoms with van der Waals surface area (Å²) in [6.45, 7) is 3.99. The maximum absolute atomic E-state index is 8.85. The van der Waals surface area contributed by atoms with E-state index in [2.05, 4.69) is 0 Å². The molecule has 0 heterocycles. The molecule has 68 valence electrons. The smallest absolute Gasteiger partial charge is 0.423 e. The summed E-state index contributed by atoms with van der Waals surface area (Å²) in [7, 11) is -1.38. The summed E-state index contributed by atoms with van der Waals surface area (Å²) in [4.78, 5) is 0. The average Bonchev–Trinajstić information content (AvgIpc) is 2.17. The molecule has 0 atom stereocenters. The van der Waals surface area contributed by atoms with Gasteiger partial charge in [-0.1, -0.05) is 30.3 Å². The van der Waals surface area contributed by atoms with Gasteiger partial charge in [-0.3, -0.25) is 0 Å². The molecule has 0 saturated carbocycles. The van der Waals surface area contributed by atoms with Crippen molar-refractivity contribution in [3.8, 4) is 0 Å². The predicted octanol–water partition coefficient (Wildman–Crippen LogP) is 0.790. The van der Waals surface area contributed by atoms with Crippen molar-refractivity contribution in [2.75, 3.05) is 0 Å². The number of allylic oxidation sites excluding steroid dienone is 2. The molecule has 0 aliphatic heterocycles. The van der Waals surface area contributed by atoms with E-state index in [1.165, 1.54) is 5.57 Å². The SMILES string of the molecule is C/C=C(\C)c1ccc(B(O)O)cc1. The van der Waals surface area contributed by atoms with Crippen LogP contribution in [0.15, 0.2) is 30.3 Å². The molecule has 0 fully saturated rings. The van der Waals surface area contributed by atoms with Gasteiger partial charge in [0, 0.05) is 0 Å². The zero-order valence-corrected chi connectivity index (χ0v) is 7.86. The molecule has 1 rings (SSSR count). The lowest BCUT2D eigenvalue weighted by molar-refractivity contribution is 0.426. The highest BCUT2D eigenvalue weighted by Gasteiger charge is 2.09. The third kappa shape index (κ3) is 2.44. The van der Waals surface area contributed by atoms with Crippen molar-refractivity contribution in [3.63, 3.8) is 0 Å². The van der Waals surface area contributed by atoms with Crippen LogP contribution in [0.2, 0.25) is 0 Å². The van der Waals surface area contributed by atoms with Crippen LogP contribution in [0.4, 0.5) is 0 Å². The lowest BCUT2D eigenvalue weighted by Crippen LogP contribution is -2.29. The molecule has 0 radical (unpaired) electrons. The fraction of sp³-hybridized carbons (Fsp3) is 0.200. The highest BCUT2D eigenvalue weighted by Crippen LogP contribution is 2.11. The minimum atomic E-state index is -1.38. The largest absolute Gasteiger partial charge is 0.488 e. The summed E-state index contributed by atoms with van der Waals surface area (Å²) in [5.74, 6) is 0. The molecule has 2 N–H and O–H groups in total. The van der Waals surface area contributed by atoms with E-state index < -0.39 is 7.12 Å². The van der Waals surface area contributed by atoms with Gasteiger partial charge in [-0.15, -0.1) is 0 Å². The summed E-state index contributed by atoms with van der Waals surface area (Å²) in [5.41, 5.74) is 2.80. The Balaban J connectivity index is 2.94. The Morgan fingerprint density at radius 2 is 1.77 bits per heavy atom. The number of rotatable bonds is 2. The van der Waals surface area contributed by atoms with Gasteiger partial charge in [0.2, 0.25) is 0 Å². The second-order valence-electron chi connectivity index (χ2n) is 2.97. The van der Waals surface area contributed by atoms with Gasteiger partial charge < -0.3 is 10.0 Å². The van der Waals surface area contributed by atoms with E-state index in [9.17, 15) is 0 Å². The van der Waals surface area contributed by atoms with E-state index >= 15 is 0 Å². The van der Waals surface area contributed by atoms with Crippen molar-refractivity contribution in [3.05, 3.63) is 35.9 Å². The summed E-state index contributed by atoms with van der Waals surface area (Å²) in [6.07, 6.45) is 2.02. The Labute approximate surface area is 78.7 Å². The molecule has 0 spiro atoms. The van der Waals surface area contributed by atoms with Crippen LogP contribution in [0.1, 0.15) is 19.4 Å². The molecule has 1 aromatic rings. The molecule has 0 aromatic heterocycles. The average molecular weight is 176 g/mol. The molecule has 0 unspecified atom stereocenters.